The molecule has 3 N–H and O–H groups in total. The van der Waals surface area contributed by atoms with E-state index in [2.05, 4.69) is 19.2 Å². The third-order valence-corrected chi connectivity index (χ3v) is 2.94. The number of hydrogen-bond acceptors (Lipinski definition) is 5. The Labute approximate surface area is 124 Å². The summed E-state index contributed by atoms with van der Waals surface area (Å²) in [6.45, 7) is 5.54. The SMILES string of the molecule is CNc1cc(CN(CC(N)=O)CC(C)C)ccc1[N+](=O)[O-]. The van der Waals surface area contributed by atoms with Crippen LogP contribution in [0.3, 0.4) is 0 Å². The zero-order chi connectivity index (χ0) is 16.0. The van der Waals surface area contributed by atoms with Crippen molar-refractivity contribution in [3.05, 3.63) is 33.9 Å². The number of carbonyl (C=O) groups is 1. The Bertz CT molecular complexity index is 517. The molecule has 0 aromatic heterocycles. The second-order valence-corrected chi connectivity index (χ2v) is 5.39. The number of nitrogens with one attached hydrogen (secondary N) is 1. The van der Waals surface area contributed by atoms with E-state index in [4.69, 9.17) is 5.73 Å². The van der Waals surface area contributed by atoms with Crippen LogP contribution >= 0.6 is 0 Å². The van der Waals surface area contributed by atoms with Gasteiger partial charge in [0, 0.05) is 26.2 Å². The Morgan fingerprint density at radius 2 is 2.14 bits per heavy atom. The predicted octanol–water partition coefficient (Wildman–Crippen LogP) is 1.58. The van der Waals surface area contributed by atoms with Gasteiger partial charge in [0.25, 0.3) is 5.69 Å². The predicted molar refractivity (Wildman–Crippen MR) is 82.0 cm³/mol. The molecule has 0 aliphatic carbocycles. The third kappa shape index (κ3) is 5.39. The molecule has 1 rings (SSSR count). The number of primary amides is 1. The van der Waals surface area contributed by atoms with Crippen molar-refractivity contribution in [2.45, 2.75) is 20.4 Å². The molecule has 1 aromatic rings. The van der Waals surface area contributed by atoms with Crippen molar-refractivity contribution in [2.24, 2.45) is 11.7 Å². The van der Waals surface area contributed by atoms with E-state index in [-0.39, 0.29) is 18.1 Å². The molecule has 7 heteroatoms. The van der Waals surface area contributed by atoms with Gasteiger partial charge in [-0.3, -0.25) is 19.8 Å². The molecule has 0 fully saturated rings. The summed E-state index contributed by atoms with van der Waals surface area (Å²) in [5, 5.41) is 13.7. The van der Waals surface area contributed by atoms with Crippen molar-refractivity contribution in [1.29, 1.82) is 0 Å². The van der Waals surface area contributed by atoms with Gasteiger partial charge in [0.05, 0.1) is 11.5 Å². The summed E-state index contributed by atoms with van der Waals surface area (Å²) in [5.41, 5.74) is 6.65. The van der Waals surface area contributed by atoms with Gasteiger partial charge in [-0.25, -0.2) is 0 Å². The highest BCUT2D eigenvalue weighted by Gasteiger charge is 2.15. The summed E-state index contributed by atoms with van der Waals surface area (Å²) >= 11 is 0. The molecule has 0 aliphatic rings. The number of rotatable bonds is 8. The van der Waals surface area contributed by atoms with Crippen molar-refractivity contribution in [2.75, 3.05) is 25.5 Å². The standard InChI is InChI=1S/C14H22N4O3/c1-10(2)7-17(9-14(15)19)8-11-4-5-13(18(20)21)12(6-11)16-3/h4-6,10,16H,7-9H2,1-3H3,(H2,15,19). The number of nitro benzene ring substituents is 1. The largest absolute Gasteiger partial charge is 0.383 e. The molecule has 0 unspecified atom stereocenters. The molecule has 0 aliphatic heterocycles. The van der Waals surface area contributed by atoms with E-state index in [0.29, 0.717) is 18.2 Å². The van der Waals surface area contributed by atoms with Crippen molar-refractivity contribution < 1.29 is 9.72 Å². The molecular weight excluding hydrogens is 272 g/mol. The number of hydrogen-bond donors (Lipinski definition) is 2. The van der Waals surface area contributed by atoms with Gasteiger partial charge >= 0.3 is 0 Å². The zero-order valence-corrected chi connectivity index (χ0v) is 12.6. The number of nitro groups is 1. The number of carbonyl (C=O) groups excluding carboxylic acids is 1. The van der Waals surface area contributed by atoms with Gasteiger partial charge in [0.1, 0.15) is 5.69 Å². The van der Waals surface area contributed by atoms with Crippen molar-refractivity contribution in [3.8, 4) is 0 Å². The summed E-state index contributed by atoms with van der Waals surface area (Å²) in [7, 11) is 1.64. The Balaban J connectivity index is 2.92. The van der Waals surface area contributed by atoms with E-state index < -0.39 is 4.92 Å². The lowest BCUT2D eigenvalue weighted by Crippen LogP contribution is -2.35. The van der Waals surface area contributed by atoms with Crippen LogP contribution in [0.15, 0.2) is 18.2 Å². The van der Waals surface area contributed by atoms with Gasteiger partial charge in [-0.2, -0.15) is 0 Å². The molecule has 0 spiro atoms. The normalized spacial score (nSPS) is 10.9. The molecule has 7 nitrogen and oxygen atoms in total. The molecule has 0 bridgehead atoms. The summed E-state index contributed by atoms with van der Waals surface area (Å²) in [6, 6.07) is 4.90. The first-order valence-corrected chi connectivity index (χ1v) is 6.79. The Hall–Kier alpha value is -2.15. The van der Waals surface area contributed by atoms with Crippen LogP contribution in [-0.2, 0) is 11.3 Å². The minimum Gasteiger partial charge on any atom is -0.383 e. The highest BCUT2D eigenvalue weighted by Crippen LogP contribution is 2.25. The van der Waals surface area contributed by atoms with E-state index in [1.54, 1.807) is 19.2 Å². The number of amides is 1. The van der Waals surface area contributed by atoms with Crippen molar-refractivity contribution in [1.82, 2.24) is 4.90 Å². The van der Waals surface area contributed by atoms with Crippen LogP contribution in [0.1, 0.15) is 19.4 Å². The molecule has 1 amide bonds. The summed E-state index contributed by atoms with van der Waals surface area (Å²) < 4.78 is 0. The van der Waals surface area contributed by atoms with Gasteiger partial charge in [0.2, 0.25) is 5.91 Å². The molecule has 0 saturated heterocycles. The van der Waals surface area contributed by atoms with Crippen LogP contribution in [0.4, 0.5) is 11.4 Å². The highest BCUT2D eigenvalue weighted by molar-refractivity contribution is 5.75. The lowest BCUT2D eigenvalue weighted by atomic mass is 10.1. The topological polar surface area (TPSA) is 102 Å². The lowest BCUT2D eigenvalue weighted by Gasteiger charge is -2.23. The van der Waals surface area contributed by atoms with Crippen LogP contribution in [0.25, 0.3) is 0 Å². The van der Waals surface area contributed by atoms with E-state index in [1.165, 1.54) is 6.07 Å². The van der Waals surface area contributed by atoms with E-state index in [9.17, 15) is 14.9 Å². The maximum atomic E-state index is 11.1. The van der Waals surface area contributed by atoms with E-state index in [1.807, 2.05) is 4.90 Å². The first-order chi connectivity index (χ1) is 9.83. The number of benzene rings is 1. The summed E-state index contributed by atoms with van der Waals surface area (Å²) in [4.78, 5) is 23.5. The minimum absolute atomic E-state index is 0.0339. The molecular formula is C14H22N4O3. The van der Waals surface area contributed by atoms with Crippen LogP contribution in [0.5, 0.6) is 0 Å². The molecule has 0 radical (unpaired) electrons. The fourth-order valence-corrected chi connectivity index (χ4v) is 2.22. The monoisotopic (exact) mass is 294 g/mol. The third-order valence-electron chi connectivity index (χ3n) is 2.94. The van der Waals surface area contributed by atoms with Crippen molar-refractivity contribution >= 4 is 17.3 Å². The molecule has 0 heterocycles. The summed E-state index contributed by atoms with van der Waals surface area (Å²) in [5.74, 6) is 0.0116. The second-order valence-electron chi connectivity index (χ2n) is 5.39. The lowest BCUT2D eigenvalue weighted by molar-refractivity contribution is -0.384. The fraction of sp³-hybridized carbons (Fsp3) is 0.500. The Morgan fingerprint density at radius 3 is 2.62 bits per heavy atom. The fourth-order valence-electron chi connectivity index (χ4n) is 2.22. The van der Waals surface area contributed by atoms with Gasteiger partial charge in [0.15, 0.2) is 0 Å². The average molecular weight is 294 g/mol. The number of anilines is 1. The maximum Gasteiger partial charge on any atom is 0.292 e. The molecule has 0 saturated carbocycles. The number of nitrogens with two attached hydrogens (primary N) is 1. The van der Waals surface area contributed by atoms with Crippen LogP contribution in [-0.4, -0.2) is 35.9 Å². The number of nitrogens with zero attached hydrogens (tertiary/aromatic N) is 2. The van der Waals surface area contributed by atoms with Gasteiger partial charge < -0.3 is 11.1 Å². The Morgan fingerprint density at radius 1 is 1.48 bits per heavy atom. The van der Waals surface area contributed by atoms with Crippen LogP contribution in [0.2, 0.25) is 0 Å². The van der Waals surface area contributed by atoms with Crippen LogP contribution in [0, 0.1) is 16.0 Å². The molecule has 21 heavy (non-hydrogen) atoms. The quantitative estimate of drug-likeness (QED) is 0.560. The zero-order valence-electron chi connectivity index (χ0n) is 12.6. The maximum absolute atomic E-state index is 11.1. The van der Waals surface area contributed by atoms with Gasteiger partial charge in [-0.05, 0) is 17.5 Å². The van der Waals surface area contributed by atoms with Crippen LogP contribution < -0.4 is 11.1 Å². The van der Waals surface area contributed by atoms with E-state index in [0.717, 1.165) is 12.1 Å². The highest BCUT2D eigenvalue weighted by atomic mass is 16.6. The average Bonchev–Trinajstić information content (AvgIpc) is 2.36. The van der Waals surface area contributed by atoms with Crippen molar-refractivity contribution in [3.63, 3.8) is 0 Å². The first kappa shape index (κ1) is 16.9. The molecule has 1 aromatic carbocycles. The van der Waals surface area contributed by atoms with Gasteiger partial charge in [-0.1, -0.05) is 19.9 Å². The first-order valence-electron chi connectivity index (χ1n) is 6.79. The minimum atomic E-state index is -0.426. The van der Waals surface area contributed by atoms with E-state index >= 15 is 0 Å². The molecule has 116 valence electrons. The summed E-state index contributed by atoms with van der Waals surface area (Å²) in [6.07, 6.45) is 0. The second kappa shape index (κ2) is 7.58. The molecule has 0 atom stereocenters. The Kier molecular flexibility index (Phi) is 6.10. The smallest absolute Gasteiger partial charge is 0.292 e. The van der Waals surface area contributed by atoms with Gasteiger partial charge in [-0.15, -0.1) is 0 Å².